The van der Waals surface area contributed by atoms with Crippen LogP contribution < -0.4 is 11.1 Å². The third kappa shape index (κ3) is 2.95. The van der Waals surface area contributed by atoms with Crippen molar-refractivity contribution < 1.29 is 9.90 Å². The van der Waals surface area contributed by atoms with Crippen molar-refractivity contribution in [2.45, 2.75) is 0 Å². The number of carbonyl (C=O) groups is 1. The fourth-order valence-corrected chi connectivity index (χ4v) is 0.924. The lowest BCUT2D eigenvalue weighted by Gasteiger charge is -2.06. The zero-order valence-corrected chi connectivity index (χ0v) is 7.97. The minimum Gasteiger partial charge on any atom is -0.478 e. The van der Waals surface area contributed by atoms with Gasteiger partial charge < -0.3 is 16.2 Å². The van der Waals surface area contributed by atoms with Gasteiger partial charge >= 0.3 is 5.97 Å². The molecule has 0 amide bonds. The Morgan fingerprint density at radius 2 is 2.00 bits per heavy atom. The predicted octanol–water partition coefficient (Wildman–Crippen LogP) is 1.11. The number of nitrogens with one attached hydrogen (secondary N) is 2. The average Bonchev–Trinajstić information content (AvgIpc) is 2.03. The predicted molar refractivity (Wildman–Crippen MR) is 56.2 cm³/mol. The van der Waals surface area contributed by atoms with Gasteiger partial charge in [-0.1, -0.05) is 12.1 Å². The lowest BCUT2D eigenvalue weighted by molar-refractivity contribution is 0.0698. The molecule has 1 aromatic carbocycles. The van der Waals surface area contributed by atoms with E-state index in [4.69, 9.17) is 16.2 Å². The summed E-state index contributed by atoms with van der Waals surface area (Å²) < 4.78 is 0. The Balaban J connectivity index is 0.00000169. The molecular weight excluding hydrogens is 206 g/mol. The number of hydrogen-bond donors (Lipinski definition) is 4. The van der Waals surface area contributed by atoms with Crippen molar-refractivity contribution in [2.75, 3.05) is 5.32 Å². The average molecular weight is 216 g/mol. The van der Waals surface area contributed by atoms with Gasteiger partial charge in [0, 0.05) is 0 Å². The summed E-state index contributed by atoms with van der Waals surface area (Å²) in [5.41, 5.74) is 5.49. The minimum atomic E-state index is -1.05. The van der Waals surface area contributed by atoms with Crippen LogP contribution >= 0.6 is 12.4 Å². The van der Waals surface area contributed by atoms with Crippen LogP contribution in [0.5, 0.6) is 0 Å². The van der Waals surface area contributed by atoms with E-state index in [1.165, 1.54) is 6.07 Å². The van der Waals surface area contributed by atoms with Crippen molar-refractivity contribution in [1.82, 2.24) is 0 Å². The van der Waals surface area contributed by atoms with Crippen molar-refractivity contribution in [2.24, 2.45) is 5.73 Å². The first kappa shape index (κ1) is 12.2. The van der Waals surface area contributed by atoms with E-state index in [2.05, 4.69) is 5.32 Å². The lowest BCUT2D eigenvalue weighted by atomic mass is 10.2. The van der Waals surface area contributed by atoms with Gasteiger partial charge in [-0.2, -0.15) is 0 Å². The third-order valence-electron chi connectivity index (χ3n) is 1.43. The first-order valence-electron chi connectivity index (χ1n) is 3.54. The van der Waals surface area contributed by atoms with Crippen LogP contribution in [0, 0.1) is 5.41 Å². The molecule has 76 valence electrons. The van der Waals surface area contributed by atoms with E-state index in [0.717, 1.165) is 0 Å². The van der Waals surface area contributed by atoms with Gasteiger partial charge in [0.25, 0.3) is 0 Å². The topological polar surface area (TPSA) is 99.2 Å². The molecule has 14 heavy (non-hydrogen) atoms. The van der Waals surface area contributed by atoms with Crippen LogP contribution in [-0.4, -0.2) is 17.0 Å². The highest BCUT2D eigenvalue weighted by molar-refractivity contribution is 6.00. The molecule has 0 unspecified atom stereocenters. The van der Waals surface area contributed by atoms with Gasteiger partial charge in [-0.25, -0.2) is 4.79 Å². The summed E-state index contributed by atoms with van der Waals surface area (Å²) in [5, 5.41) is 18.1. The highest BCUT2D eigenvalue weighted by atomic mass is 35.5. The number of anilines is 1. The SMILES string of the molecule is Cl.N=C(N)Nc1ccccc1C(=O)O. The van der Waals surface area contributed by atoms with E-state index in [1.54, 1.807) is 18.2 Å². The second-order valence-electron chi connectivity index (χ2n) is 2.39. The summed E-state index contributed by atoms with van der Waals surface area (Å²) in [6.07, 6.45) is 0. The highest BCUT2D eigenvalue weighted by Crippen LogP contribution is 2.13. The highest BCUT2D eigenvalue weighted by Gasteiger charge is 2.08. The fourth-order valence-electron chi connectivity index (χ4n) is 0.924. The maximum Gasteiger partial charge on any atom is 0.337 e. The third-order valence-corrected chi connectivity index (χ3v) is 1.43. The van der Waals surface area contributed by atoms with E-state index >= 15 is 0 Å². The van der Waals surface area contributed by atoms with Gasteiger partial charge in [0.1, 0.15) is 0 Å². The van der Waals surface area contributed by atoms with Crippen LogP contribution in [0.4, 0.5) is 5.69 Å². The molecule has 0 heterocycles. The van der Waals surface area contributed by atoms with Gasteiger partial charge in [-0.15, -0.1) is 12.4 Å². The minimum absolute atomic E-state index is 0. The normalized spacial score (nSPS) is 8.57. The number of para-hydroxylation sites is 1. The van der Waals surface area contributed by atoms with Gasteiger partial charge in [0.05, 0.1) is 11.3 Å². The monoisotopic (exact) mass is 215 g/mol. The number of halogens is 1. The van der Waals surface area contributed by atoms with Crippen LogP contribution in [0.25, 0.3) is 0 Å². The van der Waals surface area contributed by atoms with Crippen LogP contribution in [0.15, 0.2) is 24.3 Å². The molecule has 5 nitrogen and oxygen atoms in total. The molecule has 0 aromatic heterocycles. The summed E-state index contributed by atoms with van der Waals surface area (Å²) in [5.74, 6) is -1.34. The molecule has 1 rings (SSSR count). The number of carboxylic acids is 1. The largest absolute Gasteiger partial charge is 0.478 e. The summed E-state index contributed by atoms with van der Waals surface area (Å²) in [7, 11) is 0. The number of benzene rings is 1. The van der Waals surface area contributed by atoms with Gasteiger partial charge in [-0.3, -0.25) is 5.41 Å². The number of guanidine groups is 1. The van der Waals surface area contributed by atoms with Gasteiger partial charge in [-0.05, 0) is 12.1 Å². The molecule has 6 heteroatoms. The van der Waals surface area contributed by atoms with E-state index in [-0.39, 0.29) is 23.9 Å². The molecule has 0 fully saturated rings. The second-order valence-corrected chi connectivity index (χ2v) is 2.39. The zero-order valence-electron chi connectivity index (χ0n) is 7.15. The maximum atomic E-state index is 10.7. The van der Waals surface area contributed by atoms with Crippen LogP contribution in [0.1, 0.15) is 10.4 Å². The van der Waals surface area contributed by atoms with Crippen molar-refractivity contribution in [3.05, 3.63) is 29.8 Å². The van der Waals surface area contributed by atoms with Crippen molar-refractivity contribution in [3.63, 3.8) is 0 Å². The number of hydrogen-bond acceptors (Lipinski definition) is 2. The molecule has 0 radical (unpaired) electrons. The van der Waals surface area contributed by atoms with Gasteiger partial charge in [0.2, 0.25) is 0 Å². The lowest BCUT2D eigenvalue weighted by Crippen LogP contribution is -2.21. The summed E-state index contributed by atoms with van der Waals surface area (Å²) in [6, 6.07) is 6.25. The van der Waals surface area contributed by atoms with Gasteiger partial charge in [0.15, 0.2) is 5.96 Å². The fraction of sp³-hybridized carbons (Fsp3) is 0. The van der Waals surface area contributed by atoms with Crippen molar-refractivity contribution >= 4 is 30.0 Å². The molecule has 5 N–H and O–H groups in total. The summed E-state index contributed by atoms with van der Waals surface area (Å²) >= 11 is 0. The Morgan fingerprint density at radius 1 is 1.43 bits per heavy atom. The molecule has 0 aliphatic rings. The summed E-state index contributed by atoms with van der Waals surface area (Å²) in [4.78, 5) is 10.7. The van der Waals surface area contributed by atoms with E-state index in [9.17, 15) is 4.79 Å². The Bertz CT molecular complexity index is 354. The molecule has 0 saturated heterocycles. The van der Waals surface area contributed by atoms with Crippen LogP contribution in [0.3, 0.4) is 0 Å². The summed E-state index contributed by atoms with van der Waals surface area (Å²) in [6.45, 7) is 0. The molecule has 0 atom stereocenters. The Morgan fingerprint density at radius 3 is 2.50 bits per heavy atom. The standard InChI is InChI=1S/C8H9N3O2.ClH/c9-8(10)11-6-4-2-1-3-5(6)7(12)13;/h1-4H,(H,12,13)(H4,9,10,11);1H. The molecule has 0 bridgehead atoms. The molecule has 0 saturated carbocycles. The smallest absolute Gasteiger partial charge is 0.337 e. The van der Waals surface area contributed by atoms with E-state index in [0.29, 0.717) is 5.69 Å². The Labute approximate surface area is 86.8 Å². The number of rotatable bonds is 2. The van der Waals surface area contributed by atoms with Crippen LogP contribution in [-0.2, 0) is 0 Å². The molecular formula is C8H10ClN3O2. The molecule has 0 aliphatic carbocycles. The number of aromatic carboxylic acids is 1. The van der Waals surface area contributed by atoms with E-state index < -0.39 is 5.97 Å². The number of carboxylic acid groups (broad SMARTS) is 1. The zero-order chi connectivity index (χ0) is 9.84. The first-order chi connectivity index (χ1) is 6.11. The van der Waals surface area contributed by atoms with Crippen LogP contribution in [0.2, 0.25) is 0 Å². The second kappa shape index (κ2) is 5.08. The van der Waals surface area contributed by atoms with Crippen molar-refractivity contribution in [1.29, 1.82) is 5.41 Å². The Kier molecular flexibility index (Phi) is 4.45. The van der Waals surface area contributed by atoms with Crippen molar-refractivity contribution in [3.8, 4) is 0 Å². The van der Waals surface area contributed by atoms with E-state index in [1.807, 2.05) is 0 Å². The Hall–Kier alpha value is -1.75. The number of nitrogens with two attached hydrogens (primary N) is 1. The first-order valence-corrected chi connectivity index (χ1v) is 3.54. The quantitative estimate of drug-likeness (QED) is 0.439. The molecule has 0 spiro atoms. The molecule has 0 aliphatic heterocycles. The molecule has 1 aromatic rings. The maximum absolute atomic E-state index is 10.7.